The quantitative estimate of drug-likeness (QED) is 0.681. The van der Waals surface area contributed by atoms with Crippen molar-refractivity contribution in [1.82, 2.24) is 14.8 Å². The van der Waals surface area contributed by atoms with E-state index in [1.807, 2.05) is 17.6 Å². The van der Waals surface area contributed by atoms with E-state index in [2.05, 4.69) is 10.2 Å². The number of rotatable bonds is 1. The lowest BCUT2D eigenvalue weighted by Crippen LogP contribution is -2.06. The Morgan fingerprint density at radius 1 is 1.00 bits per heavy atom. The van der Waals surface area contributed by atoms with Crippen molar-refractivity contribution < 1.29 is 8.78 Å². The molecule has 0 amide bonds. The summed E-state index contributed by atoms with van der Waals surface area (Å²) in [5.41, 5.74) is 2.81. The molecule has 4 rings (SSSR count). The average Bonchev–Trinajstić information content (AvgIpc) is 2.82. The number of hydrogen-bond donors (Lipinski definition) is 0. The maximum absolute atomic E-state index is 13.8. The minimum atomic E-state index is -0.289. The number of nitrogens with zero attached hydrogens (tertiary/aromatic N) is 3. The van der Waals surface area contributed by atoms with Gasteiger partial charge < -0.3 is 0 Å². The summed E-state index contributed by atoms with van der Waals surface area (Å²) in [6.45, 7) is 1.86. The molecule has 0 saturated carbocycles. The lowest BCUT2D eigenvalue weighted by molar-refractivity contribution is 0.623. The Kier molecular flexibility index (Phi) is 3.22. The first-order valence-corrected chi connectivity index (χ1v) is 7.59. The van der Waals surface area contributed by atoms with Crippen molar-refractivity contribution in [1.29, 1.82) is 0 Å². The smallest absolute Gasteiger partial charge is 0.137 e. The Balaban J connectivity index is 1.92. The van der Waals surface area contributed by atoms with Crippen LogP contribution in [0.5, 0.6) is 0 Å². The number of hydrogen-bond acceptors (Lipinski definition) is 2. The van der Waals surface area contributed by atoms with E-state index in [-0.39, 0.29) is 17.6 Å². The molecule has 1 unspecified atom stereocenters. The summed E-state index contributed by atoms with van der Waals surface area (Å²) in [7, 11) is 0. The third-order valence-electron chi connectivity index (χ3n) is 4.43. The van der Waals surface area contributed by atoms with Gasteiger partial charge in [0.1, 0.15) is 23.3 Å². The van der Waals surface area contributed by atoms with Gasteiger partial charge in [0.05, 0.1) is 5.69 Å². The van der Waals surface area contributed by atoms with Crippen LogP contribution in [-0.4, -0.2) is 14.8 Å². The Morgan fingerprint density at radius 2 is 1.74 bits per heavy atom. The maximum Gasteiger partial charge on any atom is 0.137 e. The van der Waals surface area contributed by atoms with Crippen LogP contribution in [0, 0.1) is 18.6 Å². The van der Waals surface area contributed by atoms with Gasteiger partial charge in [0, 0.05) is 12.3 Å². The lowest BCUT2D eigenvalue weighted by atomic mass is 9.87. The van der Waals surface area contributed by atoms with Crippen LogP contribution in [0.25, 0.3) is 5.69 Å². The molecule has 0 saturated heterocycles. The standard InChI is InChI=1S/C18H15F2N3/c1-11-21-22-18-9-8-15(12-2-4-13(19)5-3-12)16-7-6-14(20)10-17(16)23(11)18/h2-7,10,15H,8-9H2,1H3. The molecule has 2 aromatic carbocycles. The van der Waals surface area contributed by atoms with Gasteiger partial charge in [-0.25, -0.2) is 8.78 Å². The first-order valence-electron chi connectivity index (χ1n) is 7.59. The molecule has 0 N–H and O–H groups in total. The van der Waals surface area contributed by atoms with E-state index in [0.717, 1.165) is 41.3 Å². The normalized spacial score (nSPS) is 16.6. The minimum absolute atomic E-state index is 0.0762. The van der Waals surface area contributed by atoms with E-state index in [4.69, 9.17) is 0 Å². The molecule has 1 atom stereocenters. The molecule has 1 aromatic heterocycles. The van der Waals surface area contributed by atoms with Gasteiger partial charge in [-0.05, 0) is 48.7 Å². The first kappa shape index (κ1) is 14.1. The van der Waals surface area contributed by atoms with Crippen LogP contribution in [-0.2, 0) is 6.42 Å². The summed E-state index contributed by atoms with van der Waals surface area (Å²) in [5, 5.41) is 8.34. The fraction of sp³-hybridized carbons (Fsp3) is 0.222. The van der Waals surface area contributed by atoms with Gasteiger partial charge in [0.2, 0.25) is 0 Å². The molecule has 0 fully saturated rings. The monoisotopic (exact) mass is 311 g/mol. The van der Waals surface area contributed by atoms with E-state index in [0.29, 0.717) is 0 Å². The second-order valence-corrected chi connectivity index (χ2v) is 5.84. The zero-order valence-corrected chi connectivity index (χ0v) is 12.6. The highest BCUT2D eigenvalue weighted by atomic mass is 19.1. The van der Waals surface area contributed by atoms with Crippen molar-refractivity contribution in [2.24, 2.45) is 0 Å². The SMILES string of the molecule is Cc1nnc2n1-c1cc(F)ccc1C(c1ccc(F)cc1)CC2. The summed E-state index contributed by atoms with van der Waals surface area (Å²) in [6, 6.07) is 11.3. The fourth-order valence-corrected chi connectivity index (χ4v) is 3.36. The molecule has 2 heterocycles. The van der Waals surface area contributed by atoms with Crippen LogP contribution in [0.3, 0.4) is 0 Å². The lowest BCUT2D eigenvalue weighted by Gasteiger charge is -2.18. The van der Waals surface area contributed by atoms with E-state index >= 15 is 0 Å². The Labute approximate surface area is 132 Å². The van der Waals surface area contributed by atoms with Crippen LogP contribution in [0.2, 0.25) is 0 Å². The molecule has 23 heavy (non-hydrogen) atoms. The number of aryl methyl sites for hydroxylation is 2. The van der Waals surface area contributed by atoms with Crippen LogP contribution in [0.1, 0.15) is 35.1 Å². The fourth-order valence-electron chi connectivity index (χ4n) is 3.36. The molecule has 3 aromatic rings. The highest BCUT2D eigenvalue weighted by Crippen LogP contribution is 2.37. The van der Waals surface area contributed by atoms with Crippen LogP contribution >= 0.6 is 0 Å². The van der Waals surface area contributed by atoms with Crippen molar-refractivity contribution in [3.8, 4) is 5.69 Å². The van der Waals surface area contributed by atoms with Gasteiger partial charge in [-0.2, -0.15) is 0 Å². The third-order valence-corrected chi connectivity index (χ3v) is 4.43. The third kappa shape index (κ3) is 2.32. The van der Waals surface area contributed by atoms with Gasteiger partial charge in [-0.15, -0.1) is 10.2 Å². The molecule has 0 radical (unpaired) electrons. The number of aromatic nitrogens is 3. The first-order chi connectivity index (χ1) is 11.1. The van der Waals surface area contributed by atoms with Gasteiger partial charge in [0.25, 0.3) is 0 Å². The zero-order valence-electron chi connectivity index (χ0n) is 12.6. The molecule has 5 heteroatoms. The predicted molar refractivity (Wildman–Crippen MR) is 82.6 cm³/mol. The van der Waals surface area contributed by atoms with Gasteiger partial charge in [-0.3, -0.25) is 4.57 Å². The largest absolute Gasteiger partial charge is 0.283 e. The molecule has 1 aliphatic rings. The van der Waals surface area contributed by atoms with E-state index in [9.17, 15) is 8.78 Å². The minimum Gasteiger partial charge on any atom is -0.283 e. The van der Waals surface area contributed by atoms with Crippen molar-refractivity contribution in [3.63, 3.8) is 0 Å². The van der Waals surface area contributed by atoms with Crippen molar-refractivity contribution >= 4 is 0 Å². The van der Waals surface area contributed by atoms with Gasteiger partial charge in [0.15, 0.2) is 0 Å². The Bertz CT molecular complexity index is 868. The van der Waals surface area contributed by atoms with Crippen molar-refractivity contribution in [3.05, 3.63) is 76.9 Å². The molecule has 0 aliphatic carbocycles. The molecular weight excluding hydrogens is 296 g/mol. The predicted octanol–water partition coefficient (Wildman–Crippen LogP) is 3.93. The van der Waals surface area contributed by atoms with Gasteiger partial charge in [-0.1, -0.05) is 18.2 Å². The number of halogens is 2. The molecule has 1 aliphatic heterocycles. The van der Waals surface area contributed by atoms with E-state index in [1.54, 1.807) is 12.1 Å². The van der Waals surface area contributed by atoms with E-state index in [1.165, 1.54) is 24.3 Å². The zero-order chi connectivity index (χ0) is 16.0. The van der Waals surface area contributed by atoms with Crippen LogP contribution < -0.4 is 0 Å². The molecule has 3 nitrogen and oxygen atoms in total. The van der Waals surface area contributed by atoms with Crippen LogP contribution in [0.4, 0.5) is 8.78 Å². The molecule has 116 valence electrons. The topological polar surface area (TPSA) is 30.7 Å². The summed E-state index contributed by atoms with van der Waals surface area (Å²) >= 11 is 0. The Hall–Kier alpha value is -2.56. The summed E-state index contributed by atoms with van der Waals surface area (Å²) in [6.07, 6.45) is 1.56. The number of benzene rings is 2. The highest BCUT2D eigenvalue weighted by Gasteiger charge is 2.26. The number of fused-ring (bicyclic) bond motifs is 3. The average molecular weight is 311 g/mol. The second kappa shape index (κ2) is 5.26. The van der Waals surface area contributed by atoms with E-state index < -0.39 is 0 Å². The van der Waals surface area contributed by atoms with Crippen molar-refractivity contribution in [2.45, 2.75) is 25.7 Å². The molecule has 0 spiro atoms. The van der Waals surface area contributed by atoms with Gasteiger partial charge >= 0.3 is 0 Å². The summed E-state index contributed by atoms with van der Waals surface area (Å²) in [5.74, 6) is 1.11. The van der Waals surface area contributed by atoms with Crippen LogP contribution in [0.15, 0.2) is 42.5 Å². The molecule has 0 bridgehead atoms. The maximum atomic E-state index is 13.8. The highest BCUT2D eigenvalue weighted by molar-refractivity contribution is 5.50. The van der Waals surface area contributed by atoms with Crippen molar-refractivity contribution in [2.75, 3.05) is 0 Å². The molecular formula is C18H15F2N3. The second-order valence-electron chi connectivity index (χ2n) is 5.84. The summed E-state index contributed by atoms with van der Waals surface area (Å²) in [4.78, 5) is 0. The Morgan fingerprint density at radius 3 is 2.52 bits per heavy atom. The summed E-state index contributed by atoms with van der Waals surface area (Å²) < 4.78 is 29.0.